The Balaban J connectivity index is 0.000000169. The maximum absolute atomic E-state index is 9.86. The molecule has 0 heterocycles. The van der Waals surface area contributed by atoms with Crippen LogP contribution in [0.4, 0.5) is 5.69 Å². The second-order valence-electron chi connectivity index (χ2n) is 4.89. The van der Waals surface area contributed by atoms with Crippen LogP contribution < -0.4 is 5.32 Å². The van der Waals surface area contributed by atoms with Gasteiger partial charge in [0.05, 0.1) is 0 Å². The Morgan fingerprint density at radius 3 is 2.21 bits per heavy atom. The van der Waals surface area contributed by atoms with Crippen LogP contribution in [0, 0.1) is 17.8 Å². The number of amides is 1. The Kier molecular flexibility index (Phi) is 6.90. The smallest absolute Gasteiger partial charge is 0.211 e. The summed E-state index contributed by atoms with van der Waals surface area (Å²) in [5.74, 6) is 2.92. The minimum Gasteiger partial charge on any atom is -0.400 e. The van der Waals surface area contributed by atoms with E-state index in [0.29, 0.717) is 6.41 Å². The molecule has 0 aromatic heterocycles. The first-order valence-electron chi connectivity index (χ1n) is 6.68. The zero-order chi connectivity index (χ0) is 14.1. The van der Waals surface area contributed by atoms with Gasteiger partial charge in [0.2, 0.25) is 6.41 Å². The molecule has 3 heteroatoms. The van der Waals surface area contributed by atoms with Gasteiger partial charge < -0.3 is 10.4 Å². The lowest BCUT2D eigenvalue weighted by molar-refractivity contribution is -0.105. The molecule has 2 bridgehead atoms. The molecule has 3 nitrogen and oxygen atoms in total. The number of aliphatic hydroxyl groups excluding tert-OH is 1. The molecule has 3 atom stereocenters. The summed E-state index contributed by atoms with van der Waals surface area (Å²) in [6, 6.07) is 9.29. The van der Waals surface area contributed by atoms with E-state index in [4.69, 9.17) is 5.11 Å². The minimum atomic E-state index is 0.662. The first-order valence-corrected chi connectivity index (χ1v) is 6.68. The minimum absolute atomic E-state index is 0.662. The highest BCUT2D eigenvalue weighted by atomic mass is 16.2. The van der Waals surface area contributed by atoms with Gasteiger partial charge in [0.15, 0.2) is 0 Å². The van der Waals surface area contributed by atoms with E-state index in [0.717, 1.165) is 30.6 Å². The Morgan fingerprint density at radius 1 is 1.16 bits per heavy atom. The zero-order valence-electron chi connectivity index (χ0n) is 11.6. The molecular weight excluding hydrogens is 238 g/mol. The van der Waals surface area contributed by atoms with Crippen molar-refractivity contribution in [3.8, 4) is 0 Å². The van der Waals surface area contributed by atoms with Crippen LogP contribution in [0.25, 0.3) is 0 Å². The number of carbonyl (C=O) groups excluding carboxylic acids is 1. The van der Waals surface area contributed by atoms with Crippen molar-refractivity contribution in [1.82, 2.24) is 0 Å². The van der Waals surface area contributed by atoms with Crippen molar-refractivity contribution < 1.29 is 9.90 Å². The molecule has 104 valence electrons. The second-order valence-corrected chi connectivity index (χ2v) is 4.89. The molecule has 0 aliphatic heterocycles. The summed E-state index contributed by atoms with van der Waals surface area (Å²) in [6.45, 7) is 2.37. The molecule has 2 aliphatic carbocycles. The van der Waals surface area contributed by atoms with Crippen molar-refractivity contribution in [2.24, 2.45) is 17.8 Å². The van der Waals surface area contributed by atoms with Gasteiger partial charge in [-0.05, 0) is 42.7 Å². The molecule has 1 amide bonds. The molecule has 0 spiro atoms. The van der Waals surface area contributed by atoms with E-state index in [-0.39, 0.29) is 0 Å². The van der Waals surface area contributed by atoms with Crippen molar-refractivity contribution in [3.05, 3.63) is 42.5 Å². The lowest BCUT2D eigenvalue weighted by atomic mass is 9.96. The monoisotopic (exact) mass is 261 g/mol. The number of aliphatic hydroxyl groups is 1. The lowest BCUT2D eigenvalue weighted by Gasteiger charge is -2.09. The number of nitrogens with one attached hydrogen (secondary N) is 1. The standard InChI is InChI=1S/C8H12.C7H7NO.CH4O/c1-6-4-7-2-3-8(6)5-7;9-6-8-7-4-2-1-3-5-7;1-2/h2-3,6-8H,4-5H2,1H3;1-6H,(H,8,9);2H,1H3/t6-,7+,8+;;/m1../s1. The van der Waals surface area contributed by atoms with Gasteiger partial charge in [0.1, 0.15) is 0 Å². The number of rotatable bonds is 2. The van der Waals surface area contributed by atoms with Crippen LogP contribution in [0.15, 0.2) is 42.5 Å². The van der Waals surface area contributed by atoms with E-state index in [1.807, 2.05) is 30.3 Å². The summed E-state index contributed by atoms with van der Waals surface area (Å²) in [7, 11) is 1.00. The van der Waals surface area contributed by atoms with Gasteiger partial charge in [-0.15, -0.1) is 0 Å². The van der Waals surface area contributed by atoms with Crippen LogP contribution in [0.2, 0.25) is 0 Å². The summed E-state index contributed by atoms with van der Waals surface area (Å²) < 4.78 is 0. The lowest BCUT2D eigenvalue weighted by Crippen LogP contribution is -1.99. The third-order valence-electron chi connectivity index (χ3n) is 3.61. The van der Waals surface area contributed by atoms with Gasteiger partial charge in [0.25, 0.3) is 0 Å². The SMILES string of the molecule is CO.C[C@@H]1C[C@@H]2C=C[C@H]1C2.O=CNc1ccccc1. The first-order chi connectivity index (χ1) is 9.29. The van der Waals surface area contributed by atoms with Crippen LogP contribution >= 0.6 is 0 Å². The Bertz CT molecular complexity index is 389. The highest BCUT2D eigenvalue weighted by Crippen LogP contribution is 2.42. The molecule has 0 radical (unpaired) electrons. The zero-order valence-corrected chi connectivity index (χ0v) is 11.6. The quantitative estimate of drug-likeness (QED) is 0.635. The van der Waals surface area contributed by atoms with Gasteiger partial charge in [-0.1, -0.05) is 37.3 Å². The predicted octanol–water partition coefficient (Wildman–Crippen LogP) is 3.08. The van der Waals surface area contributed by atoms with E-state index < -0.39 is 0 Å². The summed E-state index contributed by atoms with van der Waals surface area (Å²) >= 11 is 0. The van der Waals surface area contributed by atoms with Crippen LogP contribution in [-0.4, -0.2) is 18.6 Å². The van der Waals surface area contributed by atoms with E-state index in [1.165, 1.54) is 12.8 Å². The average molecular weight is 261 g/mol. The molecule has 2 aliphatic rings. The molecule has 1 fully saturated rings. The number of benzene rings is 1. The van der Waals surface area contributed by atoms with Crippen LogP contribution in [0.3, 0.4) is 0 Å². The Morgan fingerprint density at radius 2 is 1.84 bits per heavy atom. The van der Waals surface area contributed by atoms with E-state index in [1.54, 1.807) is 0 Å². The summed E-state index contributed by atoms with van der Waals surface area (Å²) in [6.07, 6.45) is 8.38. The predicted molar refractivity (Wildman–Crippen MR) is 78.8 cm³/mol. The summed E-state index contributed by atoms with van der Waals surface area (Å²) in [5.41, 5.74) is 0.826. The molecule has 1 saturated carbocycles. The first kappa shape index (κ1) is 15.4. The molecule has 2 N–H and O–H groups in total. The maximum Gasteiger partial charge on any atom is 0.211 e. The molecular formula is C16H23NO2. The molecule has 0 unspecified atom stereocenters. The van der Waals surface area contributed by atoms with E-state index in [9.17, 15) is 4.79 Å². The fourth-order valence-electron chi connectivity index (χ4n) is 2.66. The number of anilines is 1. The van der Waals surface area contributed by atoms with Crippen molar-refractivity contribution in [1.29, 1.82) is 0 Å². The highest BCUT2D eigenvalue weighted by Gasteiger charge is 2.32. The van der Waals surface area contributed by atoms with Crippen LogP contribution in [0.5, 0.6) is 0 Å². The van der Waals surface area contributed by atoms with Crippen molar-refractivity contribution in [3.63, 3.8) is 0 Å². The van der Waals surface area contributed by atoms with Crippen LogP contribution in [-0.2, 0) is 4.79 Å². The largest absolute Gasteiger partial charge is 0.400 e. The second kappa shape index (κ2) is 8.48. The van der Waals surface area contributed by atoms with Gasteiger partial charge in [-0.25, -0.2) is 0 Å². The third kappa shape index (κ3) is 4.87. The number of allylic oxidation sites excluding steroid dienone is 2. The van der Waals surface area contributed by atoms with Gasteiger partial charge in [-0.3, -0.25) is 4.79 Å². The number of carbonyl (C=O) groups is 1. The summed E-state index contributed by atoms with van der Waals surface area (Å²) in [5, 5.41) is 9.53. The van der Waals surface area contributed by atoms with Gasteiger partial charge >= 0.3 is 0 Å². The van der Waals surface area contributed by atoms with Gasteiger partial charge in [0, 0.05) is 12.8 Å². The van der Waals surface area contributed by atoms with Gasteiger partial charge in [-0.2, -0.15) is 0 Å². The number of fused-ring (bicyclic) bond motifs is 2. The highest BCUT2D eigenvalue weighted by molar-refractivity contribution is 5.70. The van der Waals surface area contributed by atoms with Crippen molar-refractivity contribution >= 4 is 12.1 Å². The third-order valence-corrected chi connectivity index (χ3v) is 3.61. The van der Waals surface area contributed by atoms with Crippen molar-refractivity contribution in [2.75, 3.05) is 12.4 Å². The average Bonchev–Trinajstić information content (AvgIpc) is 3.05. The molecule has 1 aromatic rings. The fraction of sp³-hybridized carbons (Fsp3) is 0.438. The fourth-order valence-corrected chi connectivity index (χ4v) is 2.66. The molecule has 3 rings (SSSR count). The molecule has 0 saturated heterocycles. The Hall–Kier alpha value is -1.61. The number of hydrogen-bond donors (Lipinski definition) is 2. The molecule has 19 heavy (non-hydrogen) atoms. The topological polar surface area (TPSA) is 49.3 Å². The van der Waals surface area contributed by atoms with E-state index in [2.05, 4.69) is 24.4 Å². The maximum atomic E-state index is 9.86. The number of hydrogen-bond acceptors (Lipinski definition) is 2. The van der Waals surface area contributed by atoms with Crippen LogP contribution in [0.1, 0.15) is 19.8 Å². The molecule has 1 aromatic carbocycles. The van der Waals surface area contributed by atoms with E-state index >= 15 is 0 Å². The Labute approximate surface area is 115 Å². The number of para-hydroxylation sites is 1. The summed E-state index contributed by atoms with van der Waals surface area (Å²) in [4.78, 5) is 9.86. The van der Waals surface area contributed by atoms with Crippen molar-refractivity contribution in [2.45, 2.75) is 19.8 Å². The normalized spacial score (nSPS) is 25.7.